The number of hydrogen-bond acceptors (Lipinski definition) is 5. The molecule has 1 aromatic heterocycles. The molecular formula is C33H24N2O2S. The van der Waals surface area contributed by atoms with Crippen LogP contribution in [0.2, 0.25) is 0 Å². The third kappa shape index (κ3) is 5.51. The third-order valence-electron chi connectivity index (χ3n) is 6.22. The molecule has 0 aliphatic heterocycles. The summed E-state index contributed by atoms with van der Waals surface area (Å²) in [5.74, 6) is 0.895. The highest BCUT2D eigenvalue weighted by Gasteiger charge is 2.18. The summed E-state index contributed by atoms with van der Waals surface area (Å²) in [7, 11) is 1.62. The van der Waals surface area contributed by atoms with Crippen LogP contribution in [-0.4, -0.2) is 23.6 Å². The van der Waals surface area contributed by atoms with Crippen LogP contribution in [0.3, 0.4) is 0 Å². The molecule has 0 spiro atoms. The number of hydrogen-bond donors (Lipinski definition) is 0. The molecule has 184 valence electrons. The van der Waals surface area contributed by atoms with Gasteiger partial charge in [0, 0.05) is 16.7 Å². The summed E-state index contributed by atoms with van der Waals surface area (Å²) in [6, 6.07) is 39.4. The number of carbonyl (C=O) groups excluding carboxylic acids is 1. The van der Waals surface area contributed by atoms with E-state index in [2.05, 4.69) is 6.07 Å². The van der Waals surface area contributed by atoms with Crippen molar-refractivity contribution in [3.05, 3.63) is 126 Å². The number of carbonyl (C=O) groups is 1. The topological polar surface area (TPSA) is 63.0 Å². The van der Waals surface area contributed by atoms with Crippen molar-refractivity contribution in [1.82, 2.24) is 4.98 Å². The molecule has 0 N–H and O–H groups in total. The van der Waals surface area contributed by atoms with Crippen molar-refractivity contribution in [2.24, 2.45) is 0 Å². The Morgan fingerprint density at radius 2 is 1.37 bits per heavy atom. The molecule has 5 heteroatoms. The number of methoxy groups -OCH3 is 1. The number of thioether (sulfide) groups is 1. The van der Waals surface area contributed by atoms with Crippen LogP contribution in [0.15, 0.2) is 120 Å². The summed E-state index contributed by atoms with van der Waals surface area (Å²) in [4.78, 5) is 17.9. The van der Waals surface area contributed by atoms with Crippen molar-refractivity contribution >= 4 is 17.5 Å². The average Bonchev–Trinajstić information content (AvgIpc) is 3.00. The first kappa shape index (κ1) is 25.0. The second kappa shape index (κ2) is 11.6. The Hall–Kier alpha value is -4.66. The number of aromatic nitrogens is 1. The minimum Gasteiger partial charge on any atom is -0.497 e. The van der Waals surface area contributed by atoms with E-state index in [1.165, 1.54) is 11.8 Å². The SMILES string of the molecule is COc1ccc(-c2cc(-c3ccccc3)nc(SCC(=O)c3ccc(-c4ccccc4)cc3)c2C#N)cc1. The number of nitrogens with zero attached hydrogens (tertiary/aromatic N) is 2. The maximum absolute atomic E-state index is 13.1. The molecule has 0 saturated carbocycles. The minimum atomic E-state index is -0.0172. The molecule has 0 atom stereocenters. The van der Waals surface area contributed by atoms with Gasteiger partial charge >= 0.3 is 0 Å². The summed E-state index contributed by atoms with van der Waals surface area (Å²) in [5.41, 5.74) is 6.58. The highest BCUT2D eigenvalue weighted by atomic mass is 32.2. The Morgan fingerprint density at radius 1 is 0.789 bits per heavy atom. The van der Waals surface area contributed by atoms with E-state index < -0.39 is 0 Å². The van der Waals surface area contributed by atoms with E-state index in [0.717, 1.165) is 39.3 Å². The van der Waals surface area contributed by atoms with Gasteiger partial charge in [-0.15, -0.1) is 0 Å². The van der Waals surface area contributed by atoms with Crippen molar-refractivity contribution < 1.29 is 9.53 Å². The Bertz CT molecular complexity index is 1590. The molecule has 4 nitrogen and oxygen atoms in total. The van der Waals surface area contributed by atoms with E-state index in [4.69, 9.17) is 9.72 Å². The Kier molecular flexibility index (Phi) is 7.63. The first-order valence-electron chi connectivity index (χ1n) is 12.1. The van der Waals surface area contributed by atoms with Crippen molar-refractivity contribution in [2.45, 2.75) is 5.03 Å². The molecule has 1 heterocycles. The fourth-order valence-electron chi connectivity index (χ4n) is 4.19. The van der Waals surface area contributed by atoms with E-state index in [1.807, 2.05) is 115 Å². The second-order valence-electron chi connectivity index (χ2n) is 8.60. The number of pyridine rings is 1. The van der Waals surface area contributed by atoms with Crippen LogP contribution in [0.1, 0.15) is 15.9 Å². The maximum Gasteiger partial charge on any atom is 0.173 e. The monoisotopic (exact) mass is 512 g/mol. The summed E-state index contributed by atoms with van der Waals surface area (Å²) in [5, 5.41) is 10.7. The minimum absolute atomic E-state index is 0.0172. The number of nitriles is 1. The van der Waals surface area contributed by atoms with Crippen LogP contribution >= 0.6 is 11.8 Å². The van der Waals surface area contributed by atoms with Gasteiger partial charge in [0.05, 0.1) is 24.1 Å². The number of ketones is 1. The molecule has 4 aromatic carbocycles. The van der Waals surface area contributed by atoms with E-state index in [-0.39, 0.29) is 11.5 Å². The van der Waals surface area contributed by atoms with Gasteiger partial charge in [-0.1, -0.05) is 109 Å². The highest BCUT2D eigenvalue weighted by Crippen LogP contribution is 2.35. The lowest BCUT2D eigenvalue weighted by molar-refractivity contribution is 0.102. The van der Waals surface area contributed by atoms with Crippen LogP contribution in [0.4, 0.5) is 0 Å². The van der Waals surface area contributed by atoms with Gasteiger partial charge in [0.2, 0.25) is 0 Å². The number of ether oxygens (including phenoxy) is 1. The first-order chi connectivity index (χ1) is 18.7. The summed E-state index contributed by atoms with van der Waals surface area (Å²) >= 11 is 1.29. The molecule has 0 aliphatic carbocycles. The molecule has 5 aromatic rings. The van der Waals surface area contributed by atoms with E-state index in [1.54, 1.807) is 7.11 Å². The molecular weight excluding hydrogens is 488 g/mol. The normalized spacial score (nSPS) is 10.5. The number of benzene rings is 4. The lowest BCUT2D eigenvalue weighted by Crippen LogP contribution is -2.04. The molecule has 0 saturated heterocycles. The predicted molar refractivity (Wildman–Crippen MR) is 153 cm³/mol. The van der Waals surface area contributed by atoms with Gasteiger partial charge in [0.25, 0.3) is 0 Å². The zero-order valence-electron chi connectivity index (χ0n) is 20.8. The van der Waals surface area contributed by atoms with Gasteiger partial charge in [-0.05, 0) is 34.9 Å². The Morgan fingerprint density at radius 3 is 1.97 bits per heavy atom. The Balaban J connectivity index is 1.45. The van der Waals surface area contributed by atoms with Crippen LogP contribution in [0.25, 0.3) is 33.5 Å². The summed E-state index contributed by atoms with van der Waals surface area (Å²) < 4.78 is 5.30. The van der Waals surface area contributed by atoms with Crippen molar-refractivity contribution in [3.8, 4) is 45.3 Å². The smallest absolute Gasteiger partial charge is 0.173 e. The van der Waals surface area contributed by atoms with Crippen molar-refractivity contribution in [1.29, 1.82) is 5.26 Å². The zero-order chi connectivity index (χ0) is 26.3. The number of rotatable bonds is 8. The number of Topliss-reactive ketones (excluding diaryl/α,β-unsaturated/α-hetero) is 1. The van der Waals surface area contributed by atoms with Gasteiger partial charge in [0.15, 0.2) is 5.78 Å². The van der Waals surface area contributed by atoms with Gasteiger partial charge in [0.1, 0.15) is 16.8 Å². The van der Waals surface area contributed by atoms with Crippen LogP contribution in [0.5, 0.6) is 5.75 Å². The van der Waals surface area contributed by atoms with Crippen molar-refractivity contribution in [3.63, 3.8) is 0 Å². The van der Waals surface area contributed by atoms with Gasteiger partial charge in [-0.3, -0.25) is 4.79 Å². The van der Waals surface area contributed by atoms with Gasteiger partial charge < -0.3 is 4.74 Å². The lowest BCUT2D eigenvalue weighted by Gasteiger charge is -2.13. The van der Waals surface area contributed by atoms with Crippen LogP contribution < -0.4 is 4.74 Å². The first-order valence-corrected chi connectivity index (χ1v) is 13.1. The molecule has 0 radical (unpaired) electrons. The molecule has 38 heavy (non-hydrogen) atoms. The van der Waals surface area contributed by atoms with Gasteiger partial charge in [-0.25, -0.2) is 4.98 Å². The van der Waals surface area contributed by atoms with Gasteiger partial charge in [-0.2, -0.15) is 5.26 Å². The summed E-state index contributed by atoms with van der Waals surface area (Å²) in [6.45, 7) is 0. The van der Waals surface area contributed by atoms with Crippen molar-refractivity contribution in [2.75, 3.05) is 12.9 Å². The standard InChI is InChI=1S/C33H24N2O2S/c1-37-28-18-16-25(17-19-28)29-20-31(26-10-6-3-7-11-26)35-33(30(29)21-34)38-22-32(36)27-14-12-24(13-15-27)23-8-4-2-5-9-23/h2-20H,22H2,1H3. The molecule has 0 unspecified atom stereocenters. The quantitative estimate of drug-likeness (QED) is 0.156. The predicted octanol–water partition coefficient (Wildman–Crippen LogP) is 7.94. The third-order valence-corrected chi connectivity index (χ3v) is 7.20. The van der Waals surface area contributed by atoms with Crippen LogP contribution in [-0.2, 0) is 0 Å². The molecule has 0 amide bonds. The average molecular weight is 513 g/mol. The molecule has 0 aliphatic rings. The lowest BCUT2D eigenvalue weighted by atomic mass is 9.99. The second-order valence-corrected chi connectivity index (χ2v) is 9.56. The summed E-state index contributed by atoms with van der Waals surface area (Å²) in [6.07, 6.45) is 0. The Labute approximate surface area is 226 Å². The molecule has 0 bridgehead atoms. The largest absolute Gasteiger partial charge is 0.497 e. The maximum atomic E-state index is 13.1. The van der Waals surface area contributed by atoms with Crippen LogP contribution in [0, 0.1) is 11.3 Å². The zero-order valence-corrected chi connectivity index (χ0v) is 21.6. The fraction of sp³-hybridized carbons (Fsp3) is 0.0606. The van der Waals surface area contributed by atoms with E-state index in [0.29, 0.717) is 16.2 Å². The highest BCUT2D eigenvalue weighted by molar-refractivity contribution is 8.00. The van der Waals surface area contributed by atoms with E-state index in [9.17, 15) is 10.1 Å². The molecule has 5 rings (SSSR count). The fourth-order valence-corrected chi connectivity index (χ4v) is 5.08. The van der Waals surface area contributed by atoms with E-state index >= 15 is 0 Å². The molecule has 0 fully saturated rings.